The molecule has 1 amide bonds. The first kappa shape index (κ1) is 19.2. The van der Waals surface area contributed by atoms with Gasteiger partial charge in [0.05, 0.1) is 21.6 Å². The molecule has 134 valence electrons. The number of hydrogen-bond acceptors (Lipinski definition) is 6. The van der Waals surface area contributed by atoms with Gasteiger partial charge in [-0.05, 0) is 43.9 Å². The van der Waals surface area contributed by atoms with E-state index in [9.17, 15) is 23.3 Å². The maximum atomic E-state index is 12.1. The highest BCUT2D eigenvalue weighted by Crippen LogP contribution is 2.39. The quantitative estimate of drug-likeness (QED) is 0.747. The zero-order valence-corrected chi connectivity index (χ0v) is 15.3. The number of halogens is 1. The van der Waals surface area contributed by atoms with Gasteiger partial charge in [0.25, 0.3) is 5.91 Å². The summed E-state index contributed by atoms with van der Waals surface area (Å²) in [5.74, 6) is -1.44. The molecule has 25 heavy (non-hydrogen) atoms. The van der Waals surface area contributed by atoms with Crippen LogP contribution in [0.3, 0.4) is 0 Å². The van der Waals surface area contributed by atoms with Gasteiger partial charge in [-0.2, -0.15) is 5.26 Å². The summed E-state index contributed by atoms with van der Waals surface area (Å²) in [5, 5.41) is 11.8. The number of esters is 1. The molecule has 0 bridgehead atoms. The maximum Gasteiger partial charge on any atom is 0.340 e. The second kappa shape index (κ2) is 7.02. The van der Waals surface area contributed by atoms with Crippen LogP contribution in [0.15, 0.2) is 23.1 Å². The van der Waals surface area contributed by atoms with Crippen molar-refractivity contribution in [2.24, 2.45) is 5.92 Å². The Morgan fingerprint density at radius 2 is 2.08 bits per heavy atom. The Morgan fingerprint density at radius 3 is 2.60 bits per heavy atom. The Balaban J connectivity index is 2.03. The average molecular weight is 385 g/mol. The standard InChI is InChI=1S/C16H17ClN2O5S/c1-16(9-18,10-3-4-10)19-14(20)8-24-15(21)12-7-11(25(2,22)23)5-6-13(12)17/h5-7,10H,3-4,8H2,1-2H3,(H,19,20)/t16-/m1/s1. The van der Waals surface area contributed by atoms with E-state index in [0.29, 0.717) is 0 Å². The molecule has 0 saturated heterocycles. The number of hydrogen-bond donors (Lipinski definition) is 1. The Hall–Kier alpha value is -2.11. The second-order valence-corrected chi connectivity index (χ2v) is 8.55. The number of amides is 1. The number of nitrogens with one attached hydrogen (secondary N) is 1. The minimum atomic E-state index is -3.52. The number of ether oxygens (including phenoxy) is 1. The molecule has 0 aliphatic heterocycles. The van der Waals surface area contributed by atoms with Crippen LogP contribution in [-0.2, 0) is 19.4 Å². The molecule has 0 unspecified atom stereocenters. The van der Waals surface area contributed by atoms with Crippen molar-refractivity contribution in [2.45, 2.75) is 30.2 Å². The van der Waals surface area contributed by atoms with Crippen molar-refractivity contribution < 1.29 is 22.7 Å². The fraction of sp³-hybridized carbons (Fsp3) is 0.438. The molecule has 1 aromatic rings. The summed E-state index contributed by atoms with van der Waals surface area (Å²) < 4.78 is 28.0. The predicted molar refractivity (Wildman–Crippen MR) is 89.7 cm³/mol. The van der Waals surface area contributed by atoms with E-state index in [0.717, 1.165) is 25.2 Å². The van der Waals surface area contributed by atoms with E-state index >= 15 is 0 Å². The lowest BCUT2D eigenvalue weighted by molar-refractivity contribution is -0.125. The lowest BCUT2D eigenvalue weighted by Gasteiger charge is -2.22. The summed E-state index contributed by atoms with van der Waals surface area (Å²) in [5.41, 5.74) is -1.14. The Bertz CT molecular complexity index is 858. The first-order valence-corrected chi connectivity index (χ1v) is 9.73. The molecule has 0 spiro atoms. The normalized spacial score (nSPS) is 16.4. The van der Waals surface area contributed by atoms with E-state index in [4.69, 9.17) is 16.3 Å². The summed E-state index contributed by atoms with van der Waals surface area (Å²) in [7, 11) is -3.52. The average Bonchev–Trinajstić information content (AvgIpc) is 3.37. The van der Waals surface area contributed by atoms with Crippen molar-refractivity contribution in [1.29, 1.82) is 5.26 Å². The molecule has 2 rings (SSSR count). The fourth-order valence-corrected chi connectivity index (χ4v) is 3.15. The van der Waals surface area contributed by atoms with Crippen LogP contribution < -0.4 is 5.32 Å². The number of nitriles is 1. The van der Waals surface area contributed by atoms with Crippen molar-refractivity contribution in [1.82, 2.24) is 5.32 Å². The van der Waals surface area contributed by atoms with Crippen LogP contribution in [0.5, 0.6) is 0 Å². The number of rotatable bonds is 6. The van der Waals surface area contributed by atoms with E-state index in [1.165, 1.54) is 12.1 Å². The van der Waals surface area contributed by atoms with Crippen LogP contribution in [0.2, 0.25) is 5.02 Å². The van der Waals surface area contributed by atoms with E-state index in [1.54, 1.807) is 6.92 Å². The van der Waals surface area contributed by atoms with Crippen LogP contribution in [0, 0.1) is 17.2 Å². The van der Waals surface area contributed by atoms with Crippen molar-refractivity contribution in [3.8, 4) is 6.07 Å². The van der Waals surface area contributed by atoms with Crippen LogP contribution in [-0.4, -0.2) is 38.7 Å². The summed E-state index contributed by atoms with van der Waals surface area (Å²) in [4.78, 5) is 23.9. The van der Waals surface area contributed by atoms with Crippen molar-refractivity contribution in [3.05, 3.63) is 28.8 Å². The van der Waals surface area contributed by atoms with E-state index in [2.05, 4.69) is 11.4 Å². The molecule has 1 N–H and O–H groups in total. The van der Waals surface area contributed by atoms with Gasteiger partial charge in [-0.1, -0.05) is 11.6 Å². The van der Waals surface area contributed by atoms with Gasteiger partial charge >= 0.3 is 5.97 Å². The minimum Gasteiger partial charge on any atom is -0.452 e. The first-order valence-electron chi connectivity index (χ1n) is 7.46. The first-order chi connectivity index (χ1) is 11.6. The third-order valence-corrected chi connectivity index (χ3v) is 5.39. The van der Waals surface area contributed by atoms with E-state index < -0.39 is 33.9 Å². The topological polar surface area (TPSA) is 113 Å². The van der Waals surface area contributed by atoms with Crippen molar-refractivity contribution in [3.63, 3.8) is 0 Å². The van der Waals surface area contributed by atoms with Gasteiger partial charge < -0.3 is 10.1 Å². The zero-order chi connectivity index (χ0) is 18.8. The number of nitrogens with zero attached hydrogens (tertiary/aromatic N) is 1. The molecule has 1 aromatic carbocycles. The van der Waals surface area contributed by atoms with Gasteiger partial charge in [0, 0.05) is 6.26 Å². The second-order valence-electron chi connectivity index (χ2n) is 6.13. The summed E-state index contributed by atoms with van der Waals surface area (Å²) in [6.07, 6.45) is 2.72. The molecule has 0 aromatic heterocycles. The Labute approximate surface area is 150 Å². The smallest absolute Gasteiger partial charge is 0.340 e. The summed E-state index contributed by atoms with van der Waals surface area (Å²) >= 11 is 5.90. The van der Waals surface area contributed by atoms with E-state index in [1.807, 2.05) is 0 Å². The van der Waals surface area contributed by atoms with Gasteiger partial charge in [0.1, 0.15) is 5.54 Å². The van der Waals surface area contributed by atoms with E-state index in [-0.39, 0.29) is 21.4 Å². The SMILES string of the molecule is C[C@](C#N)(NC(=O)COC(=O)c1cc(S(C)(=O)=O)ccc1Cl)C1CC1. The third-order valence-electron chi connectivity index (χ3n) is 3.95. The molecule has 0 radical (unpaired) electrons. The van der Waals surface area contributed by atoms with Gasteiger partial charge in [-0.25, -0.2) is 13.2 Å². The summed E-state index contributed by atoms with van der Waals surface area (Å²) in [6.45, 7) is 1.03. The van der Waals surface area contributed by atoms with Crippen molar-refractivity contribution >= 4 is 33.3 Å². The molecular formula is C16H17ClN2O5S. The number of benzene rings is 1. The lowest BCUT2D eigenvalue weighted by atomic mass is 9.98. The highest BCUT2D eigenvalue weighted by atomic mass is 35.5. The molecular weight excluding hydrogens is 368 g/mol. The molecule has 1 aliphatic rings. The Kier molecular flexibility index (Phi) is 5.40. The van der Waals surface area contributed by atoms with Crippen molar-refractivity contribution in [2.75, 3.05) is 12.9 Å². The molecule has 0 heterocycles. The molecule has 1 fully saturated rings. The molecule has 1 saturated carbocycles. The van der Waals surface area contributed by atoms with Crippen LogP contribution in [0.4, 0.5) is 0 Å². The predicted octanol–water partition coefficient (Wildman–Crippen LogP) is 1.71. The monoisotopic (exact) mass is 384 g/mol. The number of sulfone groups is 1. The Morgan fingerprint density at radius 1 is 1.44 bits per heavy atom. The van der Waals surface area contributed by atoms with Gasteiger partial charge in [-0.15, -0.1) is 0 Å². The highest BCUT2D eigenvalue weighted by Gasteiger charge is 2.43. The van der Waals surface area contributed by atoms with Gasteiger partial charge in [0.15, 0.2) is 16.4 Å². The summed E-state index contributed by atoms with van der Waals surface area (Å²) in [6, 6.07) is 5.71. The molecule has 1 atom stereocenters. The number of carbonyl (C=O) groups is 2. The fourth-order valence-electron chi connectivity index (χ4n) is 2.31. The van der Waals surface area contributed by atoms with Crippen LogP contribution >= 0.6 is 11.6 Å². The lowest BCUT2D eigenvalue weighted by Crippen LogP contribution is -2.48. The molecule has 7 nitrogen and oxygen atoms in total. The molecule has 9 heteroatoms. The third kappa shape index (κ3) is 4.71. The largest absolute Gasteiger partial charge is 0.452 e. The highest BCUT2D eigenvalue weighted by molar-refractivity contribution is 7.90. The van der Waals surface area contributed by atoms with Gasteiger partial charge in [-0.3, -0.25) is 4.79 Å². The van der Waals surface area contributed by atoms with Crippen LogP contribution in [0.1, 0.15) is 30.1 Å². The maximum absolute atomic E-state index is 12.1. The zero-order valence-electron chi connectivity index (χ0n) is 13.7. The van der Waals surface area contributed by atoms with Gasteiger partial charge in [0.2, 0.25) is 0 Å². The number of carbonyl (C=O) groups excluding carboxylic acids is 2. The minimum absolute atomic E-state index is 0.0117. The molecule has 1 aliphatic carbocycles. The van der Waals surface area contributed by atoms with Crippen LogP contribution in [0.25, 0.3) is 0 Å².